The Morgan fingerprint density at radius 3 is 2.83 bits per heavy atom. The van der Waals surface area contributed by atoms with Gasteiger partial charge in [0.2, 0.25) is 0 Å². The van der Waals surface area contributed by atoms with Crippen LogP contribution in [0.1, 0.15) is 23.2 Å². The highest BCUT2D eigenvalue weighted by Gasteiger charge is 2.33. The third-order valence-electron chi connectivity index (χ3n) is 4.97. The molecule has 0 atom stereocenters. The number of carbonyl (C=O) groups excluding carboxylic acids is 1. The van der Waals surface area contributed by atoms with Gasteiger partial charge in [0.1, 0.15) is 17.9 Å². The lowest BCUT2D eigenvalue weighted by Gasteiger charge is -2.13. The fraction of sp³-hybridized carbons (Fsp3) is 0.182. The summed E-state index contributed by atoms with van der Waals surface area (Å²) in [5, 5.41) is 8.14. The third-order valence-corrected chi connectivity index (χ3v) is 4.97. The van der Waals surface area contributed by atoms with Gasteiger partial charge in [-0.3, -0.25) is 9.48 Å². The van der Waals surface area contributed by atoms with Crippen molar-refractivity contribution >= 4 is 28.3 Å². The van der Waals surface area contributed by atoms with Crippen LogP contribution in [0.3, 0.4) is 0 Å². The Morgan fingerprint density at radius 1 is 1.20 bits per heavy atom. The number of aryl methyl sites for hydroxylation is 1. The number of hydrogen-bond acceptors (Lipinski definition) is 6. The average Bonchev–Trinajstić information content (AvgIpc) is 3.52. The van der Waals surface area contributed by atoms with Gasteiger partial charge in [-0.1, -0.05) is 6.07 Å². The van der Waals surface area contributed by atoms with Crippen molar-refractivity contribution in [1.29, 1.82) is 0 Å². The number of aromatic nitrogens is 4. The summed E-state index contributed by atoms with van der Waals surface area (Å²) in [7, 11) is 1.82. The van der Waals surface area contributed by atoms with Crippen LogP contribution in [0.2, 0.25) is 0 Å². The van der Waals surface area contributed by atoms with Crippen molar-refractivity contribution in [3.63, 3.8) is 0 Å². The quantitative estimate of drug-likeness (QED) is 0.473. The summed E-state index contributed by atoms with van der Waals surface area (Å²) in [6.45, 7) is 0. The Kier molecular flexibility index (Phi) is 4.39. The number of anilines is 2. The number of hydrogen-bond donors (Lipinski definition) is 1. The molecule has 1 saturated carbocycles. The van der Waals surface area contributed by atoms with E-state index in [1.807, 2.05) is 19.3 Å². The zero-order chi connectivity index (χ0) is 20.7. The zero-order valence-electron chi connectivity index (χ0n) is 16.2. The highest BCUT2D eigenvalue weighted by molar-refractivity contribution is 6.01. The molecule has 0 amide bonds. The molecule has 150 valence electrons. The summed E-state index contributed by atoms with van der Waals surface area (Å²) in [5.74, 6) is 0.834. The van der Waals surface area contributed by atoms with Gasteiger partial charge in [-0.15, -0.1) is 0 Å². The van der Waals surface area contributed by atoms with Gasteiger partial charge in [-0.25, -0.2) is 14.4 Å². The summed E-state index contributed by atoms with van der Waals surface area (Å²) >= 11 is 0. The van der Waals surface area contributed by atoms with E-state index in [1.165, 1.54) is 18.5 Å². The number of rotatable bonds is 6. The van der Waals surface area contributed by atoms with Crippen LogP contribution < -0.4 is 10.1 Å². The van der Waals surface area contributed by atoms with Crippen LogP contribution in [0.25, 0.3) is 10.9 Å². The molecule has 0 unspecified atom stereocenters. The number of Topliss-reactive ketones (excluding diaryl/α,β-unsaturated/α-hetero) is 1. The van der Waals surface area contributed by atoms with Gasteiger partial charge in [-0.2, -0.15) is 5.10 Å². The second kappa shape index (κ2) is 7.22. The van der Waals surface area contributed by atoms with E-state index in [9.17, 15) is 9.18 Å². The molecule has 2 aromatic heterocycles. The Balaban J connectivity index is 1.51. The second-order valence-electron chi connectivity index (χ2n) is 7.26. The number of para-hydroxylation sites is 1. The molecule has 1 N–H and O–H groups in total. The predicted molar refractivity (Wildman–Crippen MR) is 110 cm³/mol. The summed E-state index contributed by atoms with van der Waals surface area (Å²) in [6.07, 6.45) is 4.95. The summed E-state index contributed by atoms with van der Waals surface area (Å²) in [6, 6.07) is 11.4. The third kappa shape index (κ3) is 3.47. The Morgan fingerprint density at radius 2 is 2.07 bits per heavy atom. The molecule has 4 aromatic rings. The molecule has 1 fully saturated rings. The monoisotopic (exact) mass is 403 g/mol. The lowest BCUT2D eigenvalue weighted by Crippen LogP contribution is -2.05. The minimum Gasteiger partial charge on any atom is -0.453 e. The first kappa shape index (κ1) is 18.2. The first-order valence-corrected chi connectivity index (χ1v) is 9.60. The van der Waals surface area contributed by atoms with E-state index in [2.05, 4.69) is 20.4 Å². The Hall–Kier alpha value is -3.81. The van der Waals surface area contributed by atoms with Crippen molar-refractivity contribution in [1.82, 2.24) is 19.7 Å². The average molecular weight is 403 g/mol. The van der Waals surface area contributed by atoms with Crippen LogP contribution in [-0.2, 0) is 7.05 Å². The van der Waals surface area contributed by atoms with E-state index in [1.54, 1.807) is 28.9 Å². The van der Waals surface area contributed by atoms with Crippen LogP contribution in [-0.4, -0.2) is 25.5 Å². The number of carbonyl (C=O) groups is 1. The lowest BCUT2D eigenvalue weighted by molar-refractivity contribution is 0.0964. The van der Waals surface area contributed by atoms with Crippen LogP contribution in [0, 0.1) is 11.7 Å². The van der Waals surface area contributed by atoms with Crippen molar-refractivity contribution in [2.24, 2.45) is 13.0 Å². The van der Waals surface area contributed by atoms with Gasteiger partial charge in [0.25, 0.3) is 0 Å². The normalized spacial score (nSPS) is 13.4. The molecule has 0 spiro atoms. The SMILES string of the molecule is Cn1ccc(Nc2ncnc3ccc(Oc4c(F)cccc4C(=O)C4CC4)cc23)n1. The van der Waals surface area contributed by atoms with Crippen molar-refractivity contribution in [2.45, 2.75) is 12.8 Å². The van der Waals surface area contributed by atoms with Gasteiger partial charge in [-0.05, 0) is 43.2 Å². The minimum atomic E-state index is -0.572. The Labute approximate surface area is 171 Å². The molecule has 0 aliphatic heterocycles. The van der Waals surface area contributed by atoms with Crippen molar-refractivity contribution < 1.29 is 13.9 Å². The highest BCUT2D eigenvalue weighted by Crippen LogP contribution is 2.38. The molecule has 2 heterocycles. The summed E-state index contributed by atoms with van der Waals surface area (Å²) < 4.78 is 22.1. The van der Waals surface area contributed by atoms with Gasteiger partial charge < -0.3 is 10.1 Å². The molecule has 7 nitrogen and oxygen atoms in total. The molecule has 5 rings (SSSR count). The van der Waals surface area contributed by atoms with E-state index in [0.29, 0.717) is 28.3 Å². The molecule has 0 radical (unpaired) electrons. The first-order valence-electron chi connectivity index (χ1n) is 9.60. The van der Waals surface area contributed by atoms with Crippen molar-refractivity contribution in [2.75, 3.05) is 5.32 Å². The van der Waals surface area contributed by atoms with E-state index in [0.717, 1.165) is 12.8 Å². The first-order chi connectivity index (χ1) is 14.6. The number of nitrogens with one attached hydrogen (secondary N) is 1. The van der Waals surface area contributed by atoms with E-state index in [-0.39, 0.29) is 23.0 Å². The predicted octanol–water partition coefficient (Wildman–Crippen LogP) is 4.63. The molecular formula is C22H18FN5O2. The van der Waals surface area contributed by atoms with E-state index < -0.39 is 5.82 Å². The topological polar surface area (TPSA) is 81.9 Å². The number of nitrogens with zero attached hydrogens (tertiary/aromatic N) is 4. The number of ketones is 1. The van der Waals surface area contributed by atoms with Gasteiger partial charge in [0.05, 0.1) is 11.1 Å². The number of ether oxygens (including phenoxy) is 1. The fourth-order valence-corrected chi connectivity index (χ4v) is 3.29. The number of halogens is 1. The molecule has 0 saturated heterocycles. The van der Waals surface area contributed by atoms with Crippen LogP contribution in [0.15, 0.2) is 55.0 Å². The number of benzene rings is 2. The largest absolute Gasteiger partial charge is 0.453 e. The van der Waals surface area contributed by atoms with E-state index >= 15 is 0 Å². The molecular weight excluding hydrogens is 385 g/mol. The molecule has 30 heavy (non-hydrogen) atoms. The Bertz CT molecular complexity index is 1270. The maximum atomic E-state index is 14.5. The number of fused-ring (bicyclic) bond motifs is 1. The van der Waals surface area contributed by atoms with Crippen molar-refractivity contribution in [3.05, 3.63) is 66.4 Å². The van der Waals surface area contributed by atoms with E-state index in [4.69, 9.17) is 4.74 Å². The summed E-state index contributed by atoms with van der Waals surface area (Å²) in [5.41, 5.74) is 0.965. The van der Waals surface area contributed by atoms with Gasteiger partial charge in [0, 0.05) is 30.6 Å². The molecule has 8 heteroatoms. The van der Waals surface area contributed by atoms with Gasteiger partial charge in [0.15, 0.2) is 23.2 Å². The standard InChI is InChI=1S/C22H18FN5O2/c1-28-10-9-19(27-28)26-22-16-11-14(7-8-18(16)24-12-25-22)30-21-15(3-2-4-17(21)23)20(29)13-5-6-13/h2-4,7-13H,5-6H2,1H3,(H,24,25,26,27). The second-order valence-corrected chi connectivity index (χ2v) is 7.26. The van der Waals surface area contributed by atoms with Crippen LogP contribution >= 0.6 is 0 Å². The maximum Gasteiger partial charge on any atom is 0.173 e. The lowest BCUT2D eigenvalue weighted by atomic mass is 10.1. The van der Waals surface area contributed by atoms with Crippen LogP contribution in [0.4, 0.5) is 16.0 Å². The molecule has 1 aliphatic rings. The minimum absolute atomic E-state index is 0.0340. The molecule has 0 bridgehead atoms. The highest BCUT2D eigenvalue weighted by atomic mass is 19.1. The fourth-order valence-electron chi connectivity index (χ4n) is 3.29. The smallest absolute Gasteiger partial charge is 0.173 e. The molecule has 1 aliphatic carbocycles. The van der Waals surface area contributed by atoms with Crippen molar-refractivity contribution in [3.8, 4) is 11.5 Å². The van der Waals surface area contributed by atoms with Gasteiger partial charge >= 0.3 is 0 Å². The summed E-state index contributed by atoms with van der Waals surface area (Å²) in [4.78, 5) is 21.1. The zero-order valence-corrected chi connectivity index (χ0v) is 16.2. The maximum absolute atomic E-state index is 14.5. The molecule has 2 aromatic carbocycles. The van der Waals surface area contributed by atoms with Crippen LogP contribution in [0.5, 0.6) is 11.5 Å².